The fourth-order valence-electron chi connectivity index (χ4n) is 1.99. The lowest BCUT2D eigenvalue weighted by atomic mass is 10.1. The summed E-state index contributed by atoms with van der Waals surface area (Å²) in [6, 6.07) is 12.3. The highest BCUT2D eigenvalue weighted by atomic mass is 35.5. The molecule has 0 heterocycles. The number of anilines is 2. The molecule has 0 aromatic heterocycles. The average Bonchev–Trinajstić information content (AvgIpc) is 2.37. The molecule has 0 amide bonds. The predicted molar refractivity (Wildman–Crippen MR) is 79.1 cm³/mol. The molecule has 2 aromatic carbocycles. The van der Waals surface area contributed by atoms with Gasteiger partial charge in [0.2, 0.25) is 0 Å². The SMILES string of the molecule is CC(c1ccc(Cl)cc1)N(C)c1cc(N)cc(F)c1. The van der Waals surface area contributed by atoms with E-state index in [1.54, 1.807) is 6.07 Å². The van der Waals surface area contributed by atoms with Crippen molar-refractivity contribution in [3.8, 4) is 0 Å². The van der Waals surface area contributed by atoms with Crippen molar-refractivity contribution in [2.45, 2.75) is 13.0 Å². The van der Waals surface area contributed by atoms with Crippen LogP contribution in [0.1, 0.15) is 18.5 Å². The maximum Gasteiger partial charge on any atom is 0.127 e. The normalized spacial score (nSPS) is 12.2. The third-order valence-corrected chi connectivity index (χ3v) is 3.50. The lowest BCUT2D eigenvalue weighted by Gasteiger charge is -2.27. The van der Waals surface area contributed by atoms with Crippen LogP contribution in [0.2, 0.25) is 5.02 Å². The third kappa shape index (κ3) is 3.18. The van der Waals surface area contributed by atoms with Crippen LogP contribution in [0.25, 0.3) is 0 Å². The monoisotopic (exact) mass is 278 g/mol. The molecule has 0 spiro atoms. The van der Waals surface area contributed by atoms with Crippen LogP contribution in [0.15, 0.2) is 42.5 Å². The highest BCUT2D eigenvalue weighted by Gasteiger charge is 2.13. The molecule has 0 saturated carbocycles. The van der Waals surface area contributed by atoms with Gasteiger partial charge in [-0.05, 0) is 42.8 Å². The molecule has 0 aliphatic rings. The largest absolute Gasteiger partial charge is 0.399 e. The first-order valence-electron chi connectivity index (χ1n) is 6.02. The zero-order chi connectivity index (χ0) is 14.0. The predicted octanol–water partition coefficient (Wildman–Crippen LogP) is 4.26. The van der Waals surface area contributed by atoms with E-state index in [2.05, 4.69) is 0 Å². The van der Waals surface area contributed by atoms with Crippen LogP contribution < -0.4 is 10.6 Å². The Labute approximate surface area is 117 Å². The van der Waals surface area contributed by atoms with Gasteiger partial charge in [-0.2, -0.15) is 0 Å². The molecule has 2 rings (SSSR count). The average molecular weight is 279 g/mol. The molecular weight excluding hydrogens is 263 g/mol. The van der Waals surface area contributed by atoms with Crippen molar-refractivity contribution >= 4 is 23.0 Å². The maximum atomic E-state index is 13.4. The summed E-state index contributed by atoms with van der Waals surface area (Å²) in [4.78, 5) is 1.97. The third-order valence-electron chi connectivity index (χ3n) is 3.25. The molecule has 1 atom stereocenters. The molecule has 4 heteroatoms. The van der Waals surface area contributed by atoms with Crippen LogP contribution in [0.3, 0.4) is 0 Å². The van der Waals surface area contributed by atoms with E-state index < -0.39 is 0 Å². The zero-order valence-corrected chi connectivity index (χ0v) is 11.7. The molecular formula is C15H16ClFN2. The number of nitrogens with zero attached hydrogens (tertiary/aromatic N) is 1. The van der Waals surface area contributed by atoms with Crippen LogP contribution in [0, 0.1) is 5.82 Å². The minimum absolute atomic E-state index is 0.0958. The van der Waals surface area contributed by atoms with Crippen molar-refractivity contribution < 1.29 is 4.39 Å². The first-order valence-corrected chi connectivity index (χ1v) is 6.39. The maximum absolute atomic E-state index is 13.4. The molecule has 0 fully saturated rings. The summed E-state index contributed by atoms with van der Waals surface area (Å²) in [7, 11) is 1.91. The van der Waals surface area contributed by atoms with Gasteiger partial charge in [-0.25, -0.2) is 4.39 Å². The quantitative estimate of drug-likeness (QED) is 0.850. The molecule has 0 bridgehead atoms. The Balaban J connectivity index is 2.27. The van der Waals surface area contributed by atoms with Gasteiger partial charge in [0.1, 0.15) is 5.82 Å². The van der Waals surface area contributed by atoms with Crippen LogP contribution in [0.4, 0.5) is 15.8 Å². The van der Waals surface area contributed by atoms with Crippen molar-refractivity contribution in [1.82, 2.24) is 0 Å². The number of benzene rings is 2. The smallest absolute Gasteiger partial charge is 0.127 e. The number of hydrogen-bond acceptors (Lipinski definition) is 2. The van der Waals surface area contributed by atoms with Crippen molar-refractivity contribution in [3.05, 3.63) is 58.9 Å². The highest BCUT2D eigenvalue weighted by molar-refractivity contribution is 6.30. The molecule has 2 nitrogen and oxygen atoms in total. The summed E-state index contributed by atoms with van der Waals surface area (Å²) in [6.45, 7) is 2.05. The van der Waals surface area contributed by atoms with E-state index in [0.717, 1.165) is 11.3 Å². The van der Waals surface area contributed by atoms with Gasteiger partial charge in [0.05, 0.1) is 6.04 Å². The van der Waals surface area contributed by atoms with Crippen molar-refractivity contribution in [2.75, 3.05) is 17.7 Å². The van der Waals surface area contributed by atoms with Gasteiger partial charge in [-0.15, -0.1) is 0 Å². The van der Waals surface area contributed by atoms with E-state index in [-0.39, 0.29) is 11.9 Å². The molecule has 19 heavy (non-hydrogen) atoms. The van der Waals surface area contributed by atoms with Gasteiger partial charge in [0.15, 0.2) is 0 Å². The Bertz CT molecular complexity index is 549. The van der Waals surface area contributed by atoms with Crippen molar-refractivity contribution in [2.24, 2.45) is 0 Å². The Hall–Kier alpha value is -1.74. The molecule has 2 aromatic rings. The standard InChI is InChI=1S/C15H16ClFN2/c1-10(11-3-5-12(16)6-4-11)19(2)15-8-13(17)7-14(18)9-15/h3-10H,18H2,1-2H3. The van der Waals surface area contributed by atoms with Crippen LogP contribution in [-0.4, -0.2) is 7.05 Å². The van der Waals surface area contributed by atoms with Gasteiger partial charge < -0.3 is 10.6 Å². The van der Waals surface area contributed by atoms with Crippen molar-refractivity contribution in [3.63, 3.8) is 0 Å². The van der Waals surface area contributed by atoms with Gasteiger partial charge in [0, 0.05) is 23.4 Å². The molecule has 0 aliphatic heterocycles. The number of nitrogens with two attached hydrogens (primary N) is 1. The molecule has 0 saturated heterocycles. The topological polar surface area (TPSA) is 29.3 Å². The van der Waals surface area contributed by atoms with Gasteiger partial charge in [0.25, 0.3) is 0 Å². The minimum atomic E-state index is -0.329. The molecule has 0 aliphatic carbocycles. The number of hydrogen-bond donors (Lipinski definition) is 1. The van der Waals surface area contributed by atoms with Gasteiger partial charge in [-0.3, -0.25) is 0 Å². The van der Waals surface area contributed by atoms with Crippen LogP contribution in [-0.2, 0) is 0 Å². The molecule has 100 valence electrons. The van der Waals surface area contributed by atoms with Gasteiger partial charge in [-0.1, -0.05) is 23.7 Å². The van der Waals surface area contributed by atoms with E-state index in [1.807, 2.05) is 43.1 Å². The zero-order valence-electron chi connectivity index (χ0n) is 10.9. The molecule has 2 N–H and O–H groups in total. The number of rotatable bonds is 3. The lowest BCUT2D eigenvalue weighted by molar-refractivity contribution is 0.626. The second-order valence-electron chi connectivity index (χ2n) is 4.58. The summed E-state index contributed by atoms with van der Waals surface area (Å²) in [5.41, 5.74) is 7.95. The summed E-state index contributed by atoms with van der Waals surface area (Å²) < 4.78 is 13.4. The highest BCUT2D eigenvalue weighted by Crippen LogP contribution is 2.28. The lowest BCUT2D eigenvalue weighted by Crippen LogP contribution is -2.21. The Morgan fingerprint density at radius 2 is 1.79 bits per heavy atom. The minimum Gasteiger partial charge on any atom is -0.399 e. The first-order chi connectivity index (χ1) is 8.97. The van der Waals surface area contributed by atoms with E-state index in [9.17, 15) is 4.39 Å². The van der Waals surface area contributed by atoms with Gasteiger partial charge >= 0.3 is 0 Å². The Morgan fingerprint density at radius 1 is 1.16 bits per heavy atom. The van der Waals surface area contributed by atoms with Crippen molar-refractivity contribution in [1.29, 1.82) is 0 Å². The number of nitrogen functional groups attached to an aromatic ring is 1. The van der Waals surface area contributed by atoms with Crippen LogP contribution >= 0.6 is 11.6 Å². The fourth-order valence-corrected chi connectivity index (χ4v) is 2.11. The second kappa shape index (κ2) is 5.49. The van der Waals surface area contributed by atoms with E-state index in [4.69, 9.17) is 17.3 Å². The molecule has 0 radical (unpaired) electrons. The van der Waals surface area contributed by atoms with E-state index in [1.165, 1.54) is 12.1 Å². The molecule has 1 unspecified atom stereocenters. The first kappa shape index (κ1) is 13.7. The van der Waals surface area contributed by atoms with Crippen LogP contribution in [0.5, 0.6) is 0 Å². The fraction of sp³-hybridized carbons (Fsp3) is 0.200. The van der Waals surface area contributed by atoms with E-state index in [0.29, 0.717) is 10.7 Å². The van der Waals surface area contributed by atoms with E-state index >= 15 is 0 Å². The summed E-state index contributed by atoms with van der Waals surface area (Å²) in [6.07, 6.45) is 0. The second-order valence-corrected chi connectivity index (χ2v) is 5.02. The Morgan fingerprint density at radius 3 is 2.37 bits per heavy atom. The summed E-state index contributed by atoms with van der Waals surface area (Å²) in [5.74, 6) is -0.329. The summed E-state index contributed by atoms with van der Waals surface area (Å²) in [5, 5.41) is 0.702. The Kier molecular flexibility index (Phi) is 3.96. The summed E-state index contributed by atoms with van der Waals surface area (Å²) >= 11 is 5.87. The number of halogens is 2.